The van der Waals surface area contributed by atoms with Crippen molar-refractivity contribution in [1.29, 1.82) is 5.26 Å². The average Bonchev–Trinajstić information content (AvgIpc) is 2.29. The van der Waals surface area contributed by atoms with Crippen molar-refractivity contribution in [3.05, 3.63) is 29.3 Å². The standard InChI is InChI=1S/C15H21NO/c1-11(2)12-6-7-13(14(8-12)17-5)9-15(3,4)10-16/h6-8,11H,9H2,1-5H3. The molecule has 0 aliphatic carbocycles. The van der Waals surface area contributed by atoms with E-state index in [1.165, 1.54) is 5.56 Å². The van der Waals surface area contributed by atoms with E-state index in [0.717, 1.165) is 11.3 Å². The summed E-state index contributed by atoms with van der Waals surface area (Å²) in [6.45, 7) is 8.22. The van der Waals surface area contributed by atoms with Gasteiger partial charge in [-0.2, -0.15) is 5.26 Å². The van der Waals surface area contributed by atoms with Gasteiger partial charge in [-0.25, -0.2) is 0 Å². The molecule has 0 aromatic heterocycles. The van der Waals surface area contributed by atoms with E-state index in [-0.39, 0.29) is 5.41 Å². The number of rotatable bonds is 4. The van der Waals surface area contributed by atoms with E-state index in [1.807, 2.05) is 13.8 Å². The molecule has 1 rings (SSSR count). The first-order valence-electron chi connectivity index (χ1n) is 5.97. The lowest BCUT2D eigenvalue weighted by molar-refractivity contribution is 0.398. The van der Waals surface area contributed by atoms with Crippen LogP contribution in [0.3, 0.4) is 0 Å². The van der Waals surface area contributed by atoms with E-state index in [1.54, 1.807) is 7.11 Å². The Labute approximate surface area is 104 Å². The van der Waals surface area contributed by atoms with Crippen LogP contribution in [-0.4, -0.2) is 7.11 Å². The second kappa shape index (κ2) is 5.23. The second-order valence-electron chi connectivity index (χ2n) is 5.40. The Hall–Kier alpha value is -1.49. The quantitative estimate of drug-likeness (QED) is 0.787. The van der Waals surface area contributed by atoms with E-state index in [0.29, 0.717) is 12.3 Å². The zero-order valence-corrected chi connectivity index (χ0v) is 11.4. The number of hydrogen-bond acceptors (Lipinski definition) is 2. The summed E-state index contributed by atoms with van der Waals surface area (Å²) in [5, 5.41) is 9.07. The van der Waals surface area contributed by atoms with Gasteiger partial charge in [0, 0.05) is 0 Å². The summed E-state index contributed by atoms with van der Waals surface area (Å²) >= 11 is 0. The third-order valence-corrected chi connectivity index (χ3v) is 2.91. The highest BCUT2D eigenvalue weighted by Gasteiger charge is 2.20. The predicted octanol–water partition coefficient (Wildman–Crippen LogP) is 3.91. The van der Waals surface area contributed by atoms with Crippen molar-refractivity contribution < 1.29 is 4.74 Å². The molecule has 0 radical (unpaired) electrons. The molecule has 1 aromatic rings. The number of nitrogens with zero attached hydrogens (tertiary/aromatic N) is 1. The molecular weight excluding hydrogens is 210 g/mol. The predicted molar refractivity (Wildman–Crippen MR) is 70.2 cm³/mol. The Balaban J connectivity index is 3.06. The third kappa shape index (κ3) is 3.49. The lowest BCUT2D eigenvalue weighted by Crippen LogP contribution is -2.12. The lowest BCUT2D eigenvalue weighted by Gasteiger charge is -2.18. The Kier molecular flexibility index (Phi) is 4.17. The molecule has 2 heteroatoms. The van der Waals surface area contributed by atoms with E-state index in [2.05, 4.69) is 38.1 Å². The normalized spacial score (nSPS) is 11.4. The molecule has 0 atom stereocenters. The Morgan fingerprint density at radius 3 is 2.47 bits per heavy atom. The van der Waals surface area contributed by atoms with E-state index in [4.69, 9.17) is 10.00 Å². The van der Waals surface area contributed by atoms with Gasteiger partial charge in [0.15, 0.2) is 0 Å². The molecule has 0 aliphatic rings. The van der Waals surface area contributed by atoms with Gasteiger partial charge in [0.2, 0.25) is 0 Å². The molecule has 0 bridgehead atoms. The number of benzene rings is 1. The van der Waals surface area contributed by atoms with Crippen LogP contribution in [-0.2, 0) is 6.42 Å². The monoisotopic (exact) mass is 231 g/mol. The minimum atomic E-state index is -0.355. The van der Waals surface area contributed by atoms with E-state index in [9.17, 15) is 0 Å². The fourth-order valence-electron chi connectivity index (χ4n) is 1.78. The summed E-state index contributed by atoms with van der Waals surface area (Å²) in [5.41, 5.74) is 2.01. The van der Waals surface area contributed by atoms with Gasteiger partial charge >= 0.3 is 0 Å². The van der Waals surface area contributed by atoms with Gasteiger partial charge in [0.05, 0.1) is 18.6 Å². The highest BCUT2D eigenvalue weighted by Crippen LogP contribution is 2.30. The first kappa shape index (κ1) is 13.6. The van der Waals surface area contributed by atoms with Crippen molar-refractivity contribution in [2.75, 3.05) is 7.11 Å². The highest BCUT2D eigenvalue weighted by molar-refractivity contribution is 5.39. The van der Waals surface area contributed by atoms with Gasteiger partial charge in [-0.05, 0) is 43.4 Å². The van der Waals surface area contributed by atoms with Crippen LogP contribution in [0.5, 0.6) is 5.75 Å². The van der Waals surface area contributed by atoms with Crippen LogP contribution >= 0.6 is 0 Å². The summed E-state index contributed by atoms with van der Waals surface area (Å²) in [6.07, 6.45) is 0.713. The van der Waals surface area contributed by atoms with Crippen LogP contribution < -0.4 is 4.74 Å². The maximum absolute atomic E-state index is 9.07. The molecule has 0 fully saturated rings. The van der Waals surface area contributed by atoms with Crippen LogP contribution in [0.2, 0.25) is 0 Å². The maximum Gasteiger partial charge on any atom is 0.122 e. The lowest BCUT2D eigenvalue weighted by atomic mass is 9.86. The van der Waals surface area contributed by atoms with Crippen LogP contribution in [0.1, 0.15) is 44.7 Å². The van der Waals surface area contributed by atoms with Crippen molar-refractivity contribution in [2.24, 2.45) is 5.41 Å². The zero-order chi connectivity index (χ0) is 13.1. The van der Waals surface area contributed by atoms with E-state index >= 15 is 0 Å². The van der Waals surface area contributed by atoms with Gasteiger partial charge in [0.1, 0.15) is 5.75 Å². The van der Waals surface area contributed by atoms with Gasteiger partial charge in [-0.3, -0.25) is 0 Å². The SMILES string of the molecule is COc1cc(C(C)C)ccc1CC(C)(C)C#N. The molecular formula is C15H21NO. The van der Waals surface area contributed by atoms with Crippen molar-refractivity contribution >= 4 is 0 Å². The minimum absolute atomic E-state index is 0.355. The van der Waals surface area contributed by atoms with Gasteiger partial charge in [0.25, 0.3) is 0 Å². The van der Waals surface area contributed by atoms with Crippen molar-refractivity contribution in [1.82, 2.24) is 0 Å². The molecule has 1 aromatic carbocycles. The fraction of sp³-hybridized carbons (Fsp3) is 0.533. The molecule has 0 saturated heterocycles. The molecule has 0 heterocycles. The average molecular weight is 231 g/mol. The topological polar surface area (TPSA) is 33.0 Å². The number of hydrogen-bond donors (Lipinski definition) is 0. The summed E-state index contributed by atoms with van der Waals surface area (Å²) in [7, 11) is 1.68. The van der Waals surface area contributed by atoms with Gasteiger partial charge in [-0.1, -0.05) is 26.0 Å². The molecule has 0 spiro atoms. The van der Waals surface area contributed by atoms with Crippen LogP contribution in [0.15, 0.2) is 18.2 Å². The minimum Gasteiger partial charge on any atom is -0.496 e. The first-order chi connectivity index (χ1) is 7.89. The molecule has 0 amide bonds. The van der Waals surface area contributed by atoms with Crippen LogP contribution in [0, 0.1) is 16.7 Å². The zero-order valence-electron chi connectivity index (χ0n) is 11.4. The molecule has 0 unspecified atom stereocenters. The Bertz CT molecular complexity index is 427. The smallest absolute Gasteiger partial charge is 0.122 e. The highest BCUT2D eigenvalue weighted by atomic mass is 16.5. The molecule has 0 aliphatic heterocycles. The summed E-state index contributed by atoms with van der Waals surface area (Å²) in [6, 6.07) is 8.60. The maximum atomic E-state index is 9.07. The summed E-state index contributed by atoms with van der Waals surface area (Å²) in [5.74, 6) is 1.38. The first-order valence-corrected chi connectivity index (χ1v) is 5.97. The van der Waals surface area contributed by atoms with Gasteiger partial charge in [-0.15, -0.1) is 0 Å². The van der Waals surface area contributed by atoms with Crippen molar-refractivity contribution in [3.8, 4) is 11.8 Å². The van der Waals surface area contributed by atoms with Gasteiger partial charge < -0.3 is 4.74 Å². The van der Waals surface area contributed by atoms with Crippen molar-refractivity contribution in [2.45, 2.75) is 40.0 Å². The molecule has 0 saturated carbocycles. The van der Waals surface area contributed by atoms with Crippen LogP contribution in [0.4, 0.5) is 0 Å². The van der Waals surface area contributed by atoms with Crippen LogP contribution in [0.25, 0.3) is 0 Å². The Morgan fingerprint density at radius 2 is 2.00 bits per heavy atom. The molecule has 2 nitrogen and oxygen atoms in total. The molecule has 0 N–H and O–H groups in total. The second-order valence-corrected chi connectivity index (χ2v) is 5.40. The number of ether oxygens (including phenoxy) is 1. The molecule has 92 valence electrons. The summed E-state index contributed by atoms with van der Waals surface area (Å²) < 4.78 is 5.42. The number of nitriles is 1. The summed E-state index contributed by atoms with van der Waals surface area (Å²) in [4.78, 5) is 0. The van der Waals surface area contributed by atoms with Crippen molar-refractivity contribution in [3.63, 3.8) is 0 Å². The largest absolute Gasteiger partial charge is 0.496 e. The van der Waals surface area contributed by atoms with E-state index < -0.39 is 0 Å². The Morgan fingerprint density at radius 1 is 1.35 bits per heavy atom. The number of methoxy groups -OCH3 is 1. The molecule has 17 heavy (non-hydrogen) atoms. The third-order valence-electron chi connectivity index (χ3n) is 2.91. The fourth-order valence-corrected chi connectivity index (χ4v) is 1.78.